The van der Waals surface area contributed by atoms with Crippen molar-refractivity contribution in [2.24, 2.45) is 0 Å². The first kappa shape index (κ1) is 29.8. The fraction of sp³-hybridized carbons (Fsp3) is 0.667. The molecule has 0 aromatic carbocycles. The molecule has 4 N–H and O–H groups in total. The molecule has 0 amide bonds. The second-order valence-corrected chi connectivity index (χ2v) is 2.65. The summed E-state index contributed by atoms with van der Waals surface area (Å²) in [7, 11) is 0. The monoisotopic (exact) mass is 288 g/mol. The van der Waals surface area contributed by atoms with E-state index in [-0.39, 0.29) is 27.8 Å². The molecule has 0 aromatic rings. The molecule has 0 radical (unpaired) electrons. The fourth-order valence-corrected chi connectivity index (χ4v) is 0. The van der Waals surface area contributed by atoms with Crippen molar-refractivity contribution in [3.05, 3.63) is 0 Å². The molecule has 0 spiro atoms. The third-order valence-electron chi connectivity index (χ3n) is 0. The molecule has 0 aliphatic heterocycles. The van der Waals surface area contributed by atoms with E-state index >= 15 is 0 Å². The minimum atomic E-state index is -0.833. The molecule has 0 bridgehead atoms. The van der Waals surface area contributed by atoms with E-state index in [9.17, 15) is 0 Å². The van der Waals surface area contributed by atoms with Crippen LogP contribution in [0.1, 0.15) is 34.6 Å². The topological polar surface area (TPSA) is 132 Å². The molecule has 0 saturated carbocycles. The van der Waals surface area contributed by atoms with E-state index in [1.165, 1.54) is 0 Å². The van der Waals surface area contributed by atoms with Gasteiger partial charge in [-0.3, -0.25) is 14.4 Å². The van der Waals surface area contributed by atoms with Crippen molar-refractivity contribution >= 4 is 17.9 Å². The quantitative estimate of drug-likeness (QED) is 0.481. The van der Waals surface area contributed by atoms with Crippen LogP contribution in [0, 0.1) is 0 Å². The predicted molar refractivity (Wildman–Crippen MR) is 57.3 cm³/mol. The SMILES string of the molecule is CC(=O)O.CC(=O)O.CC(=O)O.CC(C)O.[Ti]. The first-order chi connectivity index (χ1) is 6.93. The first-order valence-corrected chi connectivity index (χ1v) is 4.20. The standard InChI is InChI=1S/C3H8O.3C2H4O2.Ti/c1-3(2)4;3*1-2(3)4;/h3-4H,1-2H3;3*1H3,(H,3,4);. The Hall–Kier alpha value is -0.916. The van der Waals surface area contributed by atoms with Gasteiger partial charge in [0.25, 0.3) is 17.9 Å². The molecule has 0 rings (SSSR count). The van der Waals surface area contributed by atoms with Crippen LogP contribution in [0.25, 0.3) is 0 Å². The summed E-state index contributed by atoms with van der Waals surface area (Å²) in [4.78, 5) is 27.0. The second-order valence-electron chi connectivity index (χ2n) is 2.65. The van der Waals surface area contributed by atoms with Crippen LogP contribution < -0.4 is 0 Å². The Morgan fingerprint density at radius 3 is 0.765 bits per heavy atom. The molecule has 0 aliphatic rings. The summed E-state index contributed by atoms with van der Waals surface area (Å²) in [5, 5.41) is 30.3. The molecule has 102 valence electrons. The van der Waals surface area contributed by atoms with Crippen molar-refractivity contribution in [2.75, 3.05) is 0 Å². The van der Waals surface area contributed by atoms with E-state index in [1.807, 2.05) is 0 Å². The molecule has 0 unspecified atom stereocenters. The van der Waals surface area contributed by atoms with Crippen LogP contribution in [0.15, 0.2) is 0 Å². The Labute approximate surface area is 115 Å². The van der Waals surface area contributed by atoms with E-state index < -0.39 is 17.9 Å². The molecule has 0 fully saturated rings. The molecule has 0 atom stereocenters. The van der Waals surface area contributed by atoms with Gasteiger partial charge >= 0.3 is 0 Å². The van der Waals surface area contributed by atoms with Gasteiger partial charge in [0.15, 0.2) is 0 Å². The summed E-state index contributed by atoms with van der Waals surface area (Å²) < 4.78 is 0. The zero-order chi connectivity index (χ0) is 14.3. The van der Waals surface area contributed by atoms with Crippen LogP contribution in [-0.2, 0) is 36.1 Å². The average Bonchev–Trinajstić information content (AvgIpc) is 1.76. The zero-order valence-electron chi connectivity index (χ0n) is 10.6. The number of carboxylic acid groups (broad SMARTS) is 3. The van der Waals surface area contributed by atoms with Gasteiger partial charge in [0.2, 0.25) is 0 Å². The van der Waals surface area contributed by atoms with Crippen molar-refractivity contribution < 1.29 is 56.5 Å². The van der Waals surface area contributed by atoms with Gasteiger partial charge in [-0.2, -0.15) is 0 Å². The van der Waals surface area contributed by atoms with E-state index in [4.69, 9.17) is 34.8 Å². The molecule has 0 saturated heterocycles. The smallest absolute Gasteiger partial charge is 0.300 e. The summed E-state index contributed by atoms with van der Waals surface area (Å²) in [5.41, 5.74) is 0. The van der Waals surface area contributed by atoms with Gasteiger partial charge < -0.3 is 20.4 Å². The van der Waals surface area contributed by atoms with Crippen LogP contribution >= 0.6 is 0 Å². The summed E-state index contributed by atoms with van der Waals surface area (Å²) in [6, 6.07) is 0. The van der Waals surface area contributed by atoms with E-state index in [0.717, 1.165) is 20.8 Å². The van der Waals surface area contributed by atoms with Gasteiger partial charge in [-0.05, 0) is 13.8 Å². The van der Waals surface area contributed by atoms with Crippen LogP contribution in [0.4, 0.5) is 0 Å². The zero-order valence-corrected chi connectivity index (χ0v) is 12.2. The maximum absolute atomic E-state index is 9.00. The normalized spacial score (nSPS) is 6.53. The first-order valence-electron chi connectivity index (χ1n) is 4.20. The van der Waals surface area contributed by atoms with Crippen LogP contribution in [0.3, 0.4) is 0 Å². The molecular weight excluding hydrogens is 268 g/mol. The Morgan fingerprint density at radius 1 is 0.765 bits per heavy atom. The van der Waals surface area contributed by atoms with Crippen LogP contribution in [0.2, 0.25) is 0 Å². The summed E-state index contributed by atoms with van der Waals surface area (Å²) in [5.74, 6) is -2.50. The molecular formula is C9H20O7Ti. The number of aliphatic hydroxyl groups excluding tert-OH is 1. The maximum Gasteiger partial charge on any atom is 0.300 e. The number of carbonyl (C=O) groups is 3. The summed E-state index contributed by atoms with van der Waals surface area (Å²) >= 11 is 0. The van der Waals surface area contributed by atoms with Crippen molar-refractivity contribution in [1.29, 1.82) is 0 Å². The van der Waals surface area contributed by atoms with Crippen molar-refractivity contribution in [3.63, 3.8) is 0 Å². The average molecular weight is 288 g/mol. The maximum atomic E-state index is 9.00. The van der Waals surface area contributed by atoms with Gasteiger partial charge in [0.05, 0.1) is 0 Å². The van der Waals surface area contributed by atoms with Gasteiger partial charge in [0, 0.05) is 48.6 Å². The van der Waals surface area contributed by atoms with Gasteiger partial charge in [-0.15, -0.1) is 0 Å². The number of hydrogen-bond donors (Lipinski definition) is 4. The summed E-state index contributed by atoms with van der Waals surface area (Å²) in [6.45, 7) is 6.69. The van der Waals surface area contributed by atoms with Crippen molar-refractivity contribution in [2.45, 2.75) is 40.7 Å². The van der Waals surface area contributed by atoms with Gasteiger partial charge in [-0.25, -0.2) is 0 Å². The third-order valence-corrected chi connectivity index (χ3v) is 0. The number of aliphatic carboxylic acids is 3. The number of rotatable bonds is 0. The van der Waals surface area contributed by atoms with E-state index in [0.29, 0.717) is 0 Å². The third kappa shape index (κ3) is 3080. The minimum absolute atomic E-state index is 0. The van der Waals surface area contributed by atoms with Gasteiger partial charge in [0.1, 0.15) is 0 Å². The predicted octanol–water partition coefficient (Wildman–Crippen LogP) is 0.657. The second kappa shape index (κ2) is 24.4. The Bertz CT molecular complexity index is 148. The van der Waals surface area contributed by atoms with Crippen LogP contribution in [-0.4, -0.2) is 44.4 Å². The Balaban J connectivity index is -0.0000000369. The molecule has 8 heteroatoms. The van der Waals surface area contributed by atoms with Crippen molar-refractivity contribution in [1.82, 2.24) is 0 Å². The Morgan fingerprint density at radius 2 is 0.765 bits per heavy atom. The molecule has 7 nitrogen and oxygen atoms in total. The Kier molecular flexibility index (Phi) is 42.7. The van der Waals surface area contributed by atoms with Gasteiger partial charge in [-0.1, -0.05) is 0 Å². The van der Waals surface area contributed by atoms with Crippen LogP contribution in [0.5, 0.6) is 0 Å². The fourth-order valence-electron chi connectivity index (χ4n) is 0. The summed E-state index contributed by atoms with van der Waals surface area (Å²) in [6.07, 6.45) is -0.167. The molecule has 0 aromatic heterocycles. The molecule has 17 heavy (non-hydrogen) atoms. The number of aliphatic hydroxyl groups is 1. The van der Waals surface area contributed by atoms with Crippen molar-refractivity contribution in [3.8, 4) is 0 Å². The number of carboxylic acids is 3. The van der Waals surface area contributed by atoms with E-state index in [2.05, 4.69) is 0 Å². The molecule has 0 heterocycles. The molecule has 0 aliphatic carbocycles. The largest absolute Gasteiger partial charge is 0.481 e. The van der Waals surface area contributed by atoms with E-state index in [1.54, 1.807) is 13.8 Å². The number of hydrogen-bond acceptors (Lipinski definition) is 4. The minimum Gasteiger partial charge on any atom is -0.481 e.